The van der Waals surface area contributed by atoms with Gasteiger partial charge in [-0.25, -0.2) is 22.1 Å². The smallest absolute Gasteiger partial charge is 0.511 e. The molecular weight excluding hydrogens is 635 g/mol. The molecule has 0 unspecified atom stereocenters. The van der Waals surface area contributed by atoms with E-state index in [2.05, 4.69) is 99.6 Å². The maximum atomic E-state index is 5.87. The van der Waals surface area contributed by atoms with Gasteiger partial charge in [0.25, 0.3) is 0 Å². The summed E-state index contributed by atoms with van der Waals surface area (Å²) >= 11 is 11.7. The molecule has 1 aliphatic carbocycles. The van der Waals surface area contributed by atoms with Crippen molar-refractivity contribution in [3.8, 4) is 23.8 Å². The van der Waals surface area contributed by atoms with Crippen LogP contribution in [0.1, 0.15) is 87.5 Å². The maximum absolute atomic E-state index is 5.87. The van der Waals surface area contributed by atoms with Crippen LogP contribution in [0.5, 0.6) is 23.8 Å². The van der Waals surface area contributed by atoms with Crippen LogP contribution in [0.25, 0.3) is 0 Å². The van der Waals surface area contributed by atoms with Gasteiger partial charge in [0.05, 0.1) is 26.4 Å². The van der Waals surface area contributed by atoms with Crippen molar-refractivity contribution in [1.29, 1.82) is 0 Å². The molecule has 0 amide bonds. The molecule has 0 N–H and O–H groups in total. The molecule has 1 radical (unpaired) electrons. The summed E-state index contributed by atoms with van der Waals surface area (Å²) in [6.07, 6.45) is 13.8. The SMILES string of the molecule is CC(C)CCOc1[c-]c(Cl)nc(OCCC(C)C)n1.CC(C)CCOc1[c-]c(Cl)nc(OCCC(C)C)n1.[C-]1=CC=CC1.[Ti+3]. The van der Waals surface area contributed by atoms with E-state index in [-0.39, 0.29) is 44.0 Å². The quantitative estimate of drug-likeness (QED) is 0.0985. The number of nitrogens with zero attached hydrogens (tertiary/aromatic N) is 4. The van der Waals surface area contributed by atoms with Crippen molar-refractivity contribution in [1.82, 2.24) is 19.9 Å². The summed E-state index contributed by atoms with van der Waals surface area (Å²) in [5, 5.41) is 0.434. The Kier molecular flexibility index (Phi) is 24.3. The van der Waals surface area contributed by atoms with Crippen LogP contribution in [0.4, 0.5) is 0 Å². The largest absolute Gasteiger partial charge is 3.00 e. The van der Waals surface area contributed by atoms with Crippen LogP contribution in [0, 0.1) is 41.9 Å². The van der Waals surface area contributed by atoms with Crippen LogP contribution in [-0.2, 0) is 21.7 Å². The second-order valence-electron chi connectivity index (χ2n) is 11.6. The van der Waals surface area contributed by atoms with E-state index in [1.165, 1.54) is 0 Å². The molecule has 243 valence electrons. The van der Waals surface area contributed by atoms with Crippen molar-refractivity contribution in [2.75, 3.05) is 26.4 Å². The number of hydrogen-bond acceptors (Lipinski definition) is 8. The average Bonchev–Trinajstić information content (AvgIpc) is 3.48. The van der Waals surface area contributed by atoms with E-state index < -0.39 is 0 Å². The molecule has 0 atom stereocenters. The molecule has 0 spiro atoms. The molecule has 44 heavy (non-hydrogen) atoms. The summed E-state index contributed by atoms with van der Waals surface area (Å²) < 4.78 is 21.9. The Labute approximate surface area is 290 Å². The van der Waals surface area contributed by atoms with E-state index in [1.807, 2.05) is 12.2 Å². The zero-order chi connectivity index (χ0) is 32.0. The molecule has 0 bridgehead atoms. The van der Waals surface area contributed by atoms with Gasteiger partial charge in [0.15, 0.2) is 0 Å². The molecule has 0 saturated carbocycles. The Balaban J connectivity index is 0.000000709. The second kappa shape index (κ2) is 25.3. The van der Waals surface area contributed by atoms with Crippen molar-refractivity contribution in [2.45, 2.75) is 87.5 Å². The van der Waals surface area contributed by atoms with Gasteiger partial charge in [-0.15, -0.1) is 29.6 Å². The Morgan fingerprint density at radius 1 is 0.614 bits per heavy atom. The predicted octanol–water partition coefficient (Wildman–Crippen LogP) is 8.86. The summed E-state index contributed by atoms with van der Waals surface area (Å²) in [6.45, 7) is 19.4. The fraction of sp³-hybridized carbons (Fsp3) is 0.636. The standard InChI is InChI=1S/2C14H22ClN2O2.C5H5.Ti/c2*1-10(2)5-7-18-13-9-12(15)16-14(17-13)19-8-6-11(3)4;1-2-4-5-3-1;/h2*10-11H,5-8H2,1-4H3;1-3H,4H2;/q3*-1;+3. The fourth-order valence-electron chi connectivity index (χ4n) is 2.84. The van der Waals surface area contributed by atoms with Crippen molar-refractivity contribution < 1.29 is 40.7 Å². The van der Waals surface area contributed by atoms with E-state index in [0.29, 0.717) is 61.9 Å². The van der Waals surface area contributed by atoms with Crippen molar-refractivity contribution in [2.24, 2.45) is 23.7 Å². The van der Waals surface area contributed by atoms with Gasteiger partial charge in [-0.3, -0.25) is 6.08 Å². The number of hydrogen-bond donors (Lipinski definition) is 0. The summed E-state index contributed by atoms with van der Waals surface area (Å²) in [5.41, 5.74) is 0. The predicted molar refractivity (Wildman–Crippen MR) is 173 cm³/mol. The molecular formula is C33H49Cl2N4O4Ti. The van der Waals surface area contributed by atoms with Gasteiger partial charge < -0.3 is 31.1 Å². The number of ether oxygens (including phenoxy) is 4. The first-order valence-electron chi connectivity index (χ1n) is 15.1. The third-order valence-electron chi connectivity index (χ3n) is 5.51. The van der Waals surface area contributed by atoms with E-state index in [4.69, 9.17) is 42.1 Å². The van der Waals surface area contributed by atoms with Crippen LogP contribution in [0.2, 0.25) is 10.3 Å². The summed E-state index contributed by atoms with van der Waals surface area (Å²) in [6, 6.07) is 6.03. The van der Waals surface area contributed by atoms with Crippen molar-refractivity contribution in [3.05, 3.63) is 46.7 Å². The summed E-state index contributed by atoms with van der Waals surface area (Å²) in [7, 11) is 0. The van der Waals surface area contributed by atoms with Crippen LogP contribution >= 0.6 is 23.2 Å². The van der Waals surface area contributed by atoms with Crippen LogP contribution in [0.3, 0.4) is 0 Å². The first-order valence-corrected chi connectivity index (χ1v) is 15.9. The second-order valence-corrected chi connectivity index (χ2v) is 12.3. The first-order chi connectivity index (χ1) is 20.4. The number of rotatable bonds is 16. The number of aromatic nitrogens is 4. The first kappa shape index (κ1) is 42.1. The normalized spacial score (nSPS) is 11.6. The van der Waals surface area contributed by atoms with E-state index in [1.54, 1.807) is 0 Å². The zero-order valence-electron chi connectivity index (χ0n) is 27.6. The minimum absolute atomic E-state index is 0. The monoisotopic (exact) mass is 683 g/mol. The van der Waals surface area contributed by atoms with Crippen LogP contribution in [0.15, 0.2) is 18.2 Å². The molecule has 2 heterocycles. The molecule has 11 heteroatoms. The average molecular weight is 685 g/mol. The molecule has 8 nitrogen and oxygen atoms in total. The van der Waals surface area contributed by atoms with Gasteiger partial charge in [0.1, 0.15) is 0 Å². The molecule has 2 aromatic heterocycles. The number of allylic oxidation sites excluding steroid dienone is 4. The molecule has 2 aromatic rings. The van der Waals surface area contributed by atoms with Crippen molar-refractivity contribution >= 4 is 23.2 Å². The Bertz CT molecular complexity index is 938. The topological polar surface area (TPSA) is 88.5 Å². The van der Waals surface area contributed by atoms with Gasteiger partial charge >= 0.3 is 33.7 Å². The van der Waals surface area contributed by atoms with Gasteiger partial charge in [0, 0.05) is 11.8 Å². The molecule has 0 saturated heterocycles. The summed E-state index contributed by atoms with van der Waals surface area (Å²) in [4.78, 5) is 16.2. The minimum atomic E-state index is 0. The molecule has 3 rings (SSSR count). The van der Waals surface area contributed by atoms with Gasteiger partial charge in [-0.05, 0) is 59.7 Å². The molecule has 0 aliphatic heterocycles. The Hall–Kier alpha value is -1.87. The molecule has 0 fully saturated rings. The van der Waals surface area contributed by atoms with Gasteiger partial charge in [0.2, 0.25) is 0 Å². The fourth-order valence-corrected chi connectivity index (χ4v) is 3.15. The Morgan fingerprint density at radius 2 is 0.977 bits per heavy atom. The third kappa shape index (κ3) is 23.5. The van der Waals surface area contributed by atoms with E-state index in [0.717, 1.165) is 32.1 Å². The van der Waals surface area contributed by atoms with Gasteiger partial charge in [-0.1, -0.05) is 55.4 Å². The van der Waals surface area contributed by atoms with Crippen molar-refractivity contribution in [3.63, 3.8) is 0 Å². The third-order valence-corrected chi connectivity index (χ3v) is 5.87. The minimum Gasteiger partial charge on any atom is -0.511 e. The van der Waals surface area contributed by atoms with Gasteiger partial charge in [-0.2, -0.15) is 16.0 Å². The van der Waals surface area contributed by atoms with E-state index >= 15 is 0 Å². The van der Waals surface area contributed by atoms with Crippen LogP contribution in [-0.4, -0.2) is 46.4 Å². The van der Waals surface area contributed by atoms with Crippen LogP contribution < -0.4 is 18.9 Å². The maximum Gasteiger partial charge on any atom is 3.00 e. The zero-order valence-corrected chi connectivity index (χ0v) is 30.7. The van der Waals surface area contributed by atoms with E-state index in [9.17, 15) is 0 Å². The number of halogens is 2. The Morgan fingerprint density at radius 3 is 1.25 bits per heavy atom. The molecule has 0 aromatic carbocycles. The summed E-state index contributed by atoms with van der Waals surface area (Å²) in [5.74, 6) is 3.01. The molecule has 1 aliphatic rings.